The molecule has 0 unspecified atom stereocenters. The number of benzene rings is 2. The number of aromatic nitrogens is 2. The first-order valence-corrected chi connectivity index (χ1v) is 8.64. The second-order valence-corrected chi connectivity index (χ2v) is 6.35. The van der Waals surface area contributed by atoms with Crippen molar-refractivity contribution in [1.29, 1.82) is 0 Å². The molecule has 3 aromatic rings. The number of aryl methyl sites for hydroxylation is 2. The third-order valence-corrected chi connectivity index (χ3v) is 4.00. The molecule has 2 aromatic carbocycles. The van der Waals surface area contributed by atoms with E-state index < -0.39 is 0 Å². The van der Waals surface area contributed by atoms with Gasteiger partial charge in [0.05, 0.1) is 19.2 Å². The fraction of sp³-hybridized carbons (Fsp3) is 0.190. The van der Waals surface area contributed by atoms with E-state index in [0.29, 0.717) is 18.1 Å². The Kier molecular flexibility index (Phi) is 5.66. The van der Waals surface area contributed by atoms with Gasteiger partial charge in [-0.3, -0.25) is 4.79 Å². The van der Waals surface area contributed by atoms with E-state index in [2.05, 4.69) is 20.8 Å². The van der Waals surface area contributed by atoms with Crippen LogP contribution in [-0.4, -0.2) is 23.2 Å². The van der Waals surface area contributed by atoms with Crippen molar-refractivity contribution in [2.24, 2.45) is 0 Å². The second kappa shape index (κ2) is 8.31. The summed E-state index contributed by atoms with van der Waals surface area (Å²) in [6, 6.07) is 17.2. The second-order valence-electron chi connectivity index (χ2n) is 6.35. The average molecular weight is 362 g/mol. The predicted molar refractivity (Wildman–Crippen MR) is 107 cm³/mol. The Bertz CT molecular complexity index is 939. The maximum atomic E-state index is 12.2. The Balaban J connectivity index is 1.63. The van der Waals surface area contributed by atoms with Gasteiger partial charge in [0.25, 0.3) is 0 Å². The van der Waals surface area contributed by atoms with Crippen LogP contribution < -0.4 is 15.4 Å². The highest BCUT2D eigenvalue weighted by Gasteiger charge is 2.08. The molecule has 0 aliphatic carbocycles. The van der Waals surface area contributed by atoms with Crippen molar-refractivity contribution >= 4 is 23.2 Å². The van der Waals surface area contributed by atoms with Gasteiger partial charge in [-0.25, -0.2) is 0 Å². The highest BCUT2D eigenvalue weighted by atomic mass is 16.5. The van der Waals surface area contributed by atoms with E-state index in [9.17, 15) is 4.79 Å². The standard InChI is InChI=1S/C21H22N4O2/c1-14-5-4-6-16(11-14)13-21(26)23-20-10-9-19(24-25-20)22-17-12-15(2)7-8-18(17)27-3/h4-12H,13H2,1-3H3,(H,22,24)(H,23,25,26). The highest BCUT2D eigenvalue weighted by molar-refractivity contribution is 5.91. The maximum absolute atomic E-state index is 12.2. The molecule has 0 bridgehead atoms. The van der Waals surface area contributed by atoms with Gasteiger partial charge in [-0.15, -0.1) is 10.2 Å². The summed E-state index contributed by atoms with van der Waals surface area (Å²) in [5, 5.41) is 14.1. The van der Waals surface area contributed by atoms with Crippen LogP contribution in [0.15, 0.2) is 54.6 Å². The molecule has 2 N–H and O–H groups in total. The summed E-state index contributed by atoms with van der Waals surface area (Å²) >= 11 is 0. The van der Waals surface area contributed by atoms with Crippen LogP contribution in [0.5, 0.6) is 5.75 Å². The molecule has 27 heavy (non-hydrogen) atoms. The van der Waals surface area contributed by atoms with Crippen LogP contribution in [0.25, 0.3) is 0 Å². The minimum atomic E-state index is -0.129. The molecule has 3 rings (SSSR count). The summed E-state index contributed by atoms with van der Waals surface area (Å²) in [5.41, 5.74) is 4.00. The average Bonchev–Trinajstić information content (AvgIpc) is 2.63. The molecular weight excluding hydrogens is 340 g/mol. The zero-order chi connectivity index (χ0) is 19.2. The number of carbonyl (C=O) groups is 1. The van der Waals surface area contributed by atoms with Gasteiger partial charge in [0.15, 0.2) is 11.6 Å². The molecule has 0 saturated heterocycles. The summed E-state index contributed by atoms with van der Waals surface area (Å²) in [4.78, 5) is 12.2. The molecule has 0 saturated carbocycles. The Labute approximate surface area is 158 Å². The van der Waals surface area contributed by atoms with E-state index in [4.69, 9.17) is 4.74 Å². The summed E-state index contributed by atoms with van der Waals surface area (Å²) in [6.45, 7) is 4.00. The molecule has 138 valence electrons. The fourth-order valence-electron chi connectivity index (χ4n) is 2.72. The molecule has 1 aromatic heterocycles. The number of anilines is 3. The van der Waals surface area contributed by atoms with Gasteiger partial charge in [0.1, 0.15) is 5.75 Å². The van der Waals surface area contributed by atoms with Crippen molar-refractivity contribution < 1.29 is 9.53 Å². The van der Waals surface area contributed by atoms with Crippen molar-refractivity contribution in [2.75, 3.05) is 17.7 Å². The smallest absolute Gasteiger partial charge is 0.229 e. The quantitative estimate of drug-likeness (QED) is 0.692. The van der Waals surface area contributed by atoms with Crippen LogP contribution >= 0.6 is 0 Å². The van der Waals surface area contributed by atoms with Crippen molar-refractivity contribution in [3.63, 3.8) is 0 Å². The van der Waals surface area contributed by atoms with E-state index in [-0.39, 0.29) is 5.91 Å². The lowest BCUT2D eigenvalue weighted by molar-refractivity contribution is -0.115. The third-order valence-electron chi connectivity index (χ3n) is 4.00. The Hall–Kier alpha value is -3.41. The minimum absolute atomic E-state index is 0.129. The number of amides is 1. The molecule has 1 amide bonds. The van der Waals surface area contributed by atoms with Gasteiger partial charge in [0.2, 0.25) is 5.91 Å². The number of hydrogen-bond donors (Lipinski definition) is 2. The van der Waals surface area contributed by atoms with E-state index in [1.807, 2.05) is 56.3 Å². The molecule has 0 aliphatic heterocycles. The zero-order valence-electron chi connectivity index (χ0n) is 15.6. The Morgan fingerprint density at radius 3 is 2.41 bits per heavy atom. The van der Waals surface area contributed by atoms with Gasteiger partial charge in [0, 0.05) is 0 Å². The molecule has 0 radical (unpaired) electrons. The number of nitrogens with zero attached hydrogens (tertiary/aromatic N) is 2. The van der Waals surface area contributed by atoms with Crippen LogP contribution in [0.1, 0.15) is 16.7 Å². The van der Waals surface area contributed by atoms with E-state index >= 15 is 0 Å². The largest absolute Gasteiger partial charge is 0.495 e. The van der Waals surface area contributed by atoms with Crippen LogP contribution in [0, 0.1) is 13.8 Å². The normalized spacial score (nSPS) is 10.3. The highest BCUT2D eigenvalue weighted by Crippen LogP contribution is 2.27. The van der Waals surface area contributed by atoms with Gasteiger partial charge in [-0.1, -0.05) is 35.9 Å². The molecule has 1 heterocycles. The lowest BCUT2D eigenvalue weighted by Gasteiger charge is -2.11. The van der Waals surface area contributed by atoms with Crippen LogP contribution in [0.4, 0.5) is 17.3 Å². The topological polar surface area (TPSA) is 76.1 Å². The molecule has 0 fully saturated rings. The number of ether oxygens (including phenoxy) is 1. The van der Waals surface area contributed by atoms with Gasteiger partial charge in [-0.05, 0) is 49.2 Å². The first-order valence-electron chi connectivity index (χ1n) is 8.64. The van der Waals surface area contributed by atoms with Crippen LogP contribution in [0.3, 0.4) is 0 Å². The van der Waals surface area contributed by atoms with Gasteiger partial charge >= 0.3 is 0 Å². The number of nitrogens with one attached hydrogen (secondary N) is 2. The van der Waals surface area contributed by atoms with E-state index in [1.54, 1.807) is 19.2 Å². The maximum Gasteiger partial charge on any atom is 0.229 e. The lowest BCUT2D eigenvalue weighted by Crippen LogP contribution is -2.15. The molecule has 0 aliphatic rings. The lowest BCUT2D eigenvalue weighted by atomic mass is 10.1. The first-order chi connectivity index (χ1) is 13.0. The summed E-state index contributed by atoms with van der Waals surface area (Å²) in [5.74, 6) is 1.57. The Morgan fingerprint density at radius 1 is 0.963 bits per heavy atom. The van der Waals surface area contributed by atoms with Crippen LogP contribution in [0.2, 0.25) is 0 Å². The van der Waals surface area contributed by atoms with Crippen molar-refractivity contribution in [3.05, 3.63) is 71.3 Å². The third kappa shape index (κ3) is 5.04. The van der Waals surface area contributed by atoms with Crippen molar-refractivity contribution in [3.8, 4) is 5.75 Å². The van der Waals surface area contributed by atoms with Crippen LogP contribution in [-0.2, 0) is 11.2 Å². The van der Waals surface area contributed by atoms with Crippen molar-refractivity contribution in [2.45, 2.75) is 20.3 Å². The van der Waals surface area contributed by atoms with E-state index in [1.165, 1.54) is 0 Å². The fourth-order valence-corrected chi connectivity index (χ4v) is 2.72. The van der Waals surface area contributed by atoms with Gasteiger partial charge < -0.3 is 15.4 Å². The minimum Gasteiger partial charge on any atom is -0.495 e. The molecule has 6 nitrogen and oxygen atoms in total. The summed E-state index contributed by atoms with van der Waals surface area (Å²) < 4.78 is 5.35. The summed E-state index contributed by atoms with van der Waals surface area (Å²) in [6.07, 6.45) is 0.295. The predicted octanol–water partition coefficient (Wildman–Crippen LogP) is 4.03. The summed E-state index contributed by atoms with van der Waals surface area (Å²) in [7, 11) is 1.62. The van der Waals surface area contributed by atoms with E-state index in [0.717, 1.165) is 28.1 Å². The number of carbonyl (C=O) groups excluding carboxylic acids is 1. The SMILES string of the molecule is COc1ccc(C)cc1Nc1ccc(NC(=O)Cc2cccc(C)c2)nn1. The monoisotopic (exact) mass is 362 g/mol. The first kappa shape index (κ1) is 18.4. The van der Waals surface area contributed by atoms with Crippen molar-refractivity contribution in [1.82, 2.24) is 10.2 Å². The molecule has 0 atom stereocenters. The number of rotatable bonds is 6. The molecular formula is C21H22N4O2. The Morgan fingerprint density at radius 2 is 1.70 bits per heavy atom. The number of hydrogen-bond acceptors (Lipinski definition) is 5. The zero-order valence-corrected chi connectivity index (χ0v) is 15.6. The molecule has 0 spiro atoms. The number of methoxy groups -OCH3 is 1. The van der Waals surface area contributed by atoms with Gasteiger partial charge in [-0.2, -0.15) is 0 Å². The molecule has 6 heteroatoms.